The number of carboxylic acids is 2. The van der Waals surface area contributed by atoms with Gasteiger partial charge in [-0.05, 0) is 24.2 Å². The molecule has 0 aromatic carbocycles. The van der Waals surface area contributed by atoms with E-state index in [0.717, 1.165) is 0 Å². The van der Waals surface area contributed by atoms with E-state index < -0.39 is 34.3 Å². The maximum Gasteiger partial charge on any atom is 1.00 e. The summed E-state index contributed by atoms with van der Waals surface area (Å²) in [5.41, 5.74) is -3.89. The molecule has 0 aromatic rings. The van der Waals surface area contributed by atoms with Gasteiger partial charge in [0.25, 0.3) is 0 Å². The molecule has 2 fully saturated rings. The molecule has 0 aliphatic heterocycles. The van der Waals surface area contributed by atoms with Crippen LogP contribution in [0.4, 0.5) is 0 Å². The number of carboxylic acid groups (broad SMARTS) is 2. The van der Waals surface area contributed by atoms with Gasteiger partial charge in [0, 0.05) is 17.3 Å². The minimum Gasteiger partial charge on any atom is -0.550 e. The fourth-order valence-electron chi connectivity index (χ4n) is 4.12. The zero-order valence-electron chi connectivity index (χ0n) is 12.1. The Morgan fingerprint density at radius 1 is 1.16 bits per heavy atom. The first-order valence-corrected chi connectivity index (χ1v) is 5.75. The fraction of sp³-hybridized carbons (Fsp3) is 0.833. The van der Waals surface area contributed by atoms with Crippen molar-refractivity contribution < 1.29 is 84.0 Å². The molecule has 2 bridgehead atoms. The van der Waals surface area contributed by atoms with Crippen LogP contribution in [0.5, 0.6) is 0 Å². The van der Waals surface area contributed by atoms with Crippen LogP contribution in [-0.4, -0.2) is 22.6 Å². The number of hydrogen-bond acceptors (Lipinski definition) is 5. The molecule has 4 unspecified atom stereocenters. The molecule has 2 saturated carbocycles. The zero-order chi connectivity index (χ0) is 13.2. The molecule has 1 N–H and O–H groups in total. The van der Waals surface area contributed by atoms with Gasteiger partial charge in [-0.3, -0.25) is 0 Å². The standard InChI is InChI=1S/C12H18O5.2Na/c1-10(2)6-4-5-11(10,3)12(17,9(15)16)7(6)8(13)14;;/h6-7,17H,4-5H2,1-3H3,(H,13,14)(H,15,16);;/q;2*+1/p-2. The molecule has 19 heavy (non-hydrogen) atoms. The third-order valence-corrected chi connectivity index (χ3v) is 5.56. The molecular formula is C12H16Na2O5. The van der Waals surface area contributed by atoms with Crippen molar-refractivity contribution in [1.29, 1.82) is 0 Å². The van der Waals surface area contributed by atoms with E-state index in [2.05, 4.69) is 0 Å². The summed E-state index contributed by atoms with van der Waals surface area (Å²) >= 11 is 0. The van der Waals surface area contributed by atoms with Gasteiger partial charge in [-0.1, -0.05) is 20.8 Å². The summed E-state index contributed by atoms with van der Waals surface area (Å²) in [6.07, 6.45) is 1.08. The predicted octanol–water partition coefficient (Wildman–Crippen LogP) is -7.70. The maximum atomic E-state index is 11.3. The first-order chi connectivity index (χ1) is 7.60. The molecule has 2 aliphatic rings. The van der Waals surface area contributed by atoms with Gasteiger partial charge in [0.2, 0.25) is 0 Å². The second-order valence-electron chi connectivity index (χ2n) is 6.05. The Balaban J connectivity index is 0.00000162. The molecule has 4 atom stereocenters. The van der Waals surface area contributed by atoms with Gasteiger partial charge in [-0.2, -0.15) is 0 Å². The summed E-state index contributed by atoms with van der Waals surface area (Å²) in [4.78, 5) is 22.4. The van der Waals surface area contributed by atoms with Crippen LogP contribution in [0.1, 0.15) is 33.6 Å². The molecule has 0 saturated heterocycles. The second-order valence-corrected chi connectivity index (χ2v) is 6.05. The monoisotopic (exact) mass is 286 g/mol. The molecule has 7 heteroatoms. The molecule has 0 amide bonds. The van der Waals surface area contributed by atoms with Crippen molar-refractivity contribution in [3.05, 3.63) is 0 Å². The minimum absolute atomic E-state index is 0. The van der Waals surface area contributed by atoms with E-state index in [-0.39, 0.29) is 65.0 Å². The number of hydrogen-bond donors (Lipinski definition) is 1. The normalized spacial score (nSPS) is 42.1. The number of rotatable bonds is 2. The summed E-state index contributed by atoms with van der Waals surface area (Å²) < 4.78 is 0. The van der Waals surface area contributed by atoms with Crippen molar-refractivity contribution in [3.8, 4) is 0 Å². The minimum atomic E-state index is -2.34. The number of fused-ring (bicyclic) bond motifs is 2. The van der Waals surface area contributed by atoms with Crippen molar-refractivity contribution >= 4 is 11.9 Å². The Labute approximate surface area is 156 Å². The van der Waals surface area contributed by atoms with Crippen LogP contribution in [0.15, 0.2) is 0 Å². The van der Waals surface area contributed by atoms with E-state index in [1.165, 1.54) is 0 Å². The molecule has 0 radical (unpaired) electrons. The number of aliphatic hydroxyl groups is 1. The van der Waals surface area contributed by atoms with E-state index in [9.17, 15) is 24.9 Å². The summed E-state index contributed by atoms with van der Waals surface area (Å²) in [6.45, 7) is 5.24. The molecule has 0 spiro atoms. The third-order valence-electron chi connectivity index (χ3n) is 5.56. The van der Waals surface area contributed by atoms with Crippen molar-refractivity contribution in [2.75, 3.05) is 0 Å². The first kappa shape index (κ1) is 19.9. The molecule has 2 aliphatic carbocycles. The topological polar surface area (TPSA) is 100 Å². The quantitative estimate of drug-likeness (QED) is 0.508. The summed E-state index contributed by atoms with van der Waals surface area (Å²) in [5, 5.41) is 32.8. The van der Waals surface area contributed by atoms with Crippen molar-refractivity contribution in [2.24, 2.45) is 22.7 Å². The average Bonchev–Trinajstić information content (AvgIpc) is 2.48. The zero-order valence-corrected chi connectivity index (χ0v) is 16.1. The Bertz CT molecular complexity index is 411. The number of carbonyl (C=O) groups excluding carboxylic acids is 2. The summed E-state index contributed by atoms with van der Waals surface area (Å²) in [7, 11) is 0. The smallest absolute Gasteiger partial charge is 0.550 e. The van der Waals surface area contributed by atoms with Crippen LogP contribution >= 0.6 is 0 Å². The van der Waals surface area contributed by atoms with Crippen LogP contribution in [0.25, 0.3) is 0 Å². The first-order valence-electron chi connectivity index (χ1n) is 5.75. The van der Waals surface area contributed by atoms with E-state index >= 15 is 0 Å². The predicted molar refractivity (Wildman–Crippen MR) is 53.1 cm³/mol. The largest absolute Gasteiger partial charge is 1.00 e. The Morgan fingerprint density at radius 3 is 1.95 bits per heavy atom. The van der Waals surface area contributed by atoms with Gasteiger partial charge < -0.3 is 24.9 Å². The second kappa shape index (κ2) is 5.59. The van der Waals surface area contributed by atoms with Crippen LogP contribution in [-0.2, 0) is 9.59 Å². The molecule has 2 rings (SSSR count). The van der Waals surface area contributed by atoms with Crippen molar-refractivity contribution in [1.82, 2.24) is 0 Å². The Kier molecular flexibility index (Phi) is 5.86. The summed E-state index contributed by atoms with van der Waals surface area (Å²) in [6, 6.07) is 0. The fourth-order valence-corrected chi connectivity index (χ4v) is 4.12. The molecular weight excluding hydrogens is 270 g/mol. The Hall–Kier alpha value is 0.900. The maximum absolute atomic E-state index is 11.3. The Morgan fingerprint density at radius 2 is 1.63 bits per heavy atom. The van der Waals surface area contributed by atoms with Crippen LogP contribution in [0.3, 0.4) is 0 Å². The van der Waals surface area contributed by atoms with Gasteiger partial charge in [0.15, 0.2) is 0 Å². The van der Waals surface area contributed by atoms with Gasteiger partial charge in [0.05, 0.1) is 5.97 Å². The summed E-state index contributed by atoms with van der Waals surface area (Å²) in [5.74, 6) is -4.98. The molecule has 0 aromatic heterocycles. The van der Waals surface area contributed by atoms with E-state index in [1.54, 1.807) is 6.92 Å². The van der Waals surface area contributed by atoms with Gasteiger partial charge in [0.1, 0.15) is 5.60 Å². The SMILES string of the molecule is CC1(C)C2CCC1(C)C(O)(C(=O)[O-])C2C(=O)[O-].[Na+].[Na+]. The van der Waals surface area contributed by atoms with Crippen molar-refractivity contribution in [2.45, 2.75) is 39.2 Å². The van der Waals surface area contributed by atoms with Crippen LogP contribution < -0.4 is 69.3 Å². The molecule has 0 heterocycles. The van der Waals surface area contributed by atoms with Gasteiger partial charge in [-0.15, -0.1) is 0 Å². The number of carbonyl (C=O) groups is 2. The van der Waals surface area contributed by atoms with E-state index in [0.29, 0.717) is 12.8 Å². The van der Waals surface area contributed by atoms with E-state index in [1.807, 2.05) is 13.8 Å². The van der Waals surface area contributed by atoms with Gasteiger partial charge >= 0.3 is 59.1 Å². The van der Waals surface area contributed by atoms with Gasteiger partial charge in [-0.25, -0.2) is 0 Å². The van der Waals surface area contributed by atoms with Crippen molar-refractivity contribution in [3.63, 3.8) is 0 Å². The third kappa shape index (κ3) is 2.08. The molecule has 5 nitrogen and oxygen atoms in total. The van der Waals surface area contributed by atoms with Crippen LogP contribution in [0.2, 0.25) is 0 Å². The van der Waals surface area contributed by atoms with Crippen LogP contribution in [0, 0.1) is 22.7 Å². The molecule has 96 valence electrons. The average molecular weight is 286 g/mol. The van der Waals surface area contributed by atoms with E-state index in [4.69, 9.17) is 0 Å². The number of aliphatic carboxylic acids is 2.